The number of rotatable bonds is 3. The maximum atomic E-state index is 14.1. The van der Waals surface area contributed by atoms with Crippen molar-refractivity contribution in [2.75, 3.05) is 10.2 Å². The van der Waals surface area contributed by atoms with Gasteiger partial charge in [-0.15, -0.1) is 0 Å². The summed E-state index contributed by atoms with van der Waals surface area (Å²) in [6, 6.07) is 4.02. The minimum atomic E-state index is -0.604. The van der Waals surface area contributed by atoms with Gasteiger partial charge in [-0.3, -0.25) is 4.79 Å². The highest BCUT2D eigenvalue weighted by molar-refractivity contribution is 6.31. The summed E-state index contributed by atoms with van der Waals surface area (Å²) in [4.78, 5) is 19.1. The van der Waals surface area contributed by atoms with Crippen LogP contribution < -0.4 is 10.2 Å². The number of hydrogen-bond donors (Lipinski definition) is 1. The molecule has 5 nitrogen and oxygen atoms in total. The fourth-order valence-corrected chi connectivity index (χ4v) is 4.36. The lowest BCUT2D eigenvalue weighted by Gasteiger charge is -2.33. The van der Waals surface area contributed by atoms with E-state index in [9.17, 15) is 13.6 Å². The van der Waals surface area contributed by atoms with Crippen LogP contribution in [-0.4, -0.2) is 23.1 Å². The van der Waals surface area contributed by atoms with Crippen LogP contribution in [0.25, 0.3) is 0 Å². The fourth-order valence-electron chi connectivity index (χ4n) is 4.20. The molecule has 30 heavy (non-hydrogen) atoms. The molecule has 2 aromatic rings. The minimum absolute atomic E-state index is 0.0764. The number of hydrogen-bond acceptors (Lipinski definition) is 4. The normalized spacial score (nSPS) is 20.9. The van der Waals surface area contributed by atoms with E-state index < -0.39 is 11.6 Å². The Morgan fingerprint density at radius 2 is 1.97 bits per heavy atom. The van der Waals surface area contributed by atoms with Crippen LogP contribution in [0.2, 0.25) is 5.02 Å². The average molecular weight is 436 g/mol. The molecule has 160 valence electrons. The summed E-state index contributed by atoms with van der Waals surface area (Å²) in [7, 11) is 0. The van der Waals surface area contributed by atoms with E-state index in [1.54, 1.807) is 4.90 Å². The van der Waals surface area contributed by atoms with E-state index >= 15 is 0 Å². The molecule has 1 saturated carbocycles. The molecular weight excluding hydrogens is 412 g/mol. The number of halogens is 3. The number of nitrogens with zero attached hydrogens (tertiary/aromatic N) is 2. The first-order chi connectivity index (χ1) is 14.3. The molecule has 1 amide bonds. The van der Waals surface area contributed by atoms with Gasteiger partial charge in [0, 0.05) is 17.5 Å². The standard InChI is InChI=1S/C22H24ClF2N3O2/c1-12(2)30-16-5-3-13(4-6-16)22(29)28-11-14-7-15(24)10-26-21(14)27-19-9-18(25)17(23)8-20(19)28/h7-10,12-13,16H,3-6,11H2,1-2H3,(H,26,27)/t13-,16-. The molecule has 8 heteroatoms. The summed E-state index contributed by atoms with van der Waals surface area (Å²) < 4.78 is 33.9. The minimum Gasteiger partial charge on any atom is -0.376 e. The number of fused-ring (bicyclic) bond motifs is 2. The van der Waals surface area contributed by atoms with Crippen LogP contribution in [0.4, 0.5) is 26.0 Å². The molecule has 1 aromatic carbocycles. The van der Waals surface area contributed by atoms with Gasteiger partial charge in [0.05, 0.1) is 41.3 Å². The average Bonchev–Trinajstić information content (AvgIpc) is 2.84. The Labute approximate surface area is 179 Å². The van der Waals surface area contributed by atoms with Crippen molar-refractivity contribution in [2.45, 2.75) is 58.3 Å². The third-order valence-corrected chi connectivity index (χ3v) is 5.89. The van der Waals surface area contributed by atoms with Crippen molar-refractivity contribution in [1.29, 1.82) is 0 Å². The van der Waals surface area contributed by atoms with Crippen molar-refractivity contribution in [3.63, 3.8) is 0 Å². The van der Waals surface area contributed by atoms with Gasteiger partial charge < -0.3 is 15.0 Å². The van der Waals surface area contributed by atoms with E-state index in [2.05, 4.69) is 10.3 Å². The van der Waals surface area contributed by atoms with Crippen LogP contribution >= 0.6 is 11.6 Å². The summed E-state index contributed by atoms with van der Waals surface area (Å²) in [5, 5.41) is 2.95. The molecule has 4 rings (SSSR count). The maximum absolute atomic E-state index is 14.1. The molecular formula is C22H24ClF2N3O2. The second kappa shape index (κ2) is 8.47. The van der Waals surface area contributed by atoms with Crippen LogP contribution in [0, 0.1) is 17.6 Å². The van der Waals surface area contributed by atoms with Crippen molar-refractivity contribution < 1.29 is 18.3 Å². The summed E-state index contributed by atoms with van der Waals surface area (Å²) in [6.07, 6.45) is 4.44. The number of pyridine rings is 1. The van der Waals surface area contributed by atoms with Gasteiger partial charge in [0.2, 0.25) is 5.91 Å². The van der Waals surface area contributed by atoms with Crippen LogP contribution in [0.1, 0.15) is 45.1 Å². The predicted octanol–water partition coefficient (Wildman–Crippen LogP) is 5.59. The number of aromatic nitrogens is 1. The number of ether oxygens (including phenoxy) is 1. The monoisotopic (exact) mass is 435 g/mol. The number of amides is 1. The molecule has 0 saturated heterocycles. The van der Waals surface area contributed by atoms with E-state index in [0.29, 0.717) is 35.6 Å². The summed E-state index contributed by atoms with van der Waals surface area (Å²) in [5.41, 5.74) is 1.36. The third kappa shape index (κ3) is 4.27. The van der Waals surface area contributed by atoms with E-state index in [-0.39, 0.29) is 35.6 Å². The molecule has 1 N–H and O–H groups in total. The smallest absolute Gasteiger partial charge is 0.230 e. The second-order valence-electron chi connectivity index (χ2n) is 8.15. The number of benzene rings is 1. The highest BCUT2D eigenvalue weighted by Crippen LogP contribution is 2.40. The quantitative estimate of drug-likeness (QED) is 0.683. The van der Waals surface area contributed by atoms with Gasteiger partial charge in [-0.05, 0) is 51.7 Å². The van der Waals surface area contributed by atoms with E-state index in [1.807, 2.05) is 13.8 Å². The van der Waals surface area contributed by atoms with Gasteiger partial charge in [-0.1, -0.05) is 11.6 Å². The molecule has 2 aliphatic rings. The Hall–Kier alpha value is -2.25. The molecule has 0 bridgehead atoms. The number of nitrogens with one attached hydrogen (secondary N) is 1. The van der Waals surface area contributed by atoms with Gasteiger partial charge in [0.1, 0.15) is 17.5 Å². The Morgan fingerprint density at radius 3 is 2.67 bits per heavy atom. The van der Waals surface area contributed by atoms with Crippen LogP contribution in [0.5, 0.6) is 0 Å². The van der Waals surface area contributed by atoms with Gasteiger partial charge in [-0.2, -0.15) is 0 Å². The molecule has 0 radical (unpaired) electrons. The van der Waals surface area contributed by atoms with E-state index in [1.165, 1.54) is 18.2 Å². The Kier molecular flexibility index (Phi) is 5.93. The summed E-state index contributed by atoms with van der Waals surface area (Å²) in [6.45, 7) is 4.14. The first-order valence-electron chi connectivity index (χ1n) is 10.2. The van der Waals surface area contributed by atoms with Gasteiger partial charge in [0.15, 0.2) is 0 Å². The van der Waals surface area contributed by atoms with Crippen LogP contribution in [0.15, 0.2) is 24.4 Å². The zero-order valence-corrected chi connectivity index (χ0v) is 17.7. The van der Waals surface area contributed by atoms with Crippen LogP contribution in [-0.2, 0) is 16.1 Å². The second-order valence-corrected chi connectivity index (χ2v) is 8.56. The SMILES string of the molecule is CC(C)O[C@H]1CC[C@H](C(=O)N2Cc3cc(F)cnc3Nc3cc(F)c(Cl)cc32)CC1. The zero-order chi connectivity index (χ0) is 21.4. The van der Waals surface area contributed by atoms with Gasteiger partial charge >= 0.3 is 0 Å². The van der Waals surface area contributed by atoms with Crippen molar-refractivity contribution in [3.8, 4) is 0 Å². The molecule has 1 aliphatic heterocycles. The fraction of sp³-hybridized carbons (Fsp3) is 0.455. The number of carbonyl (C=O) groups excluding carboxylic acids is 1. The first-order valence-corrected chi connectivity index (χ1v) is 10.6. The van der Waals surface area contributed by atoms with Crippen molar-refractivity contribution in [1.82, 2.24) is 4.98 Å². The predicted molar refractivity (Wildman–Crippen MR) is 112 cm³/mol. The molecule has 0 unspecified atom stereocenters. The van der Waals surface area contributed by atoms with E-state index in [0.717, 1.165) is 19.0 Å². The molecule has 1 fully saturated rings. The van der Waals surface area contributed by atoms with E-state index in [4.69, 9.17) is 16.3 Å². The highest BCUT2D eigenvalue weighted by Gasteiger charge is 2.34. The Morgan fingerprint density at radius 1 is 1.23 bits per heavy atom. The lowest BCUT2D eigenvalue weighted by molar-refractivity contribution is -0.124. The number of anilines is 3. The lowest BCUT2D eigenvalue weighted by Crippen LogP contribution is -2.38. The zero-order valence-electron chi connectivity index (χ0n) is 16.9. The largest absolute Gasteiger partial charge is 0.376 e. The summed E-state index contributed by atoms with van der Waals surface area (Å²) >= 11 is 6.03. The van der Waals surface area contributed by atoms with Gasteiger partial charge in [0.25, 0.3) is 0 Å². The number of carbonyl (C=O) groups is 1. The molecule has 2 heterocycles. The molecule has 1 aromatic heterocycles. The maximum Gasteiger partial charge on any atom is 0.230 e. The van der Waals surface area contributed by atoms with Crippen molar-refractivity contribution >= 4 is 34.7 Å². The molecule has 0 spiro atoms. The molecule has 1 aliphatic carbocycles. The van der Waals surface area contributed by atoms with Gasteiger partial charge in [-0.25, -0.2) is 13.8 Å². The topological polar surface area (TPSA) is 54.5 Å². The first kappa shape index (κ1) is 21.0. The Balaban J connectivity index is 1.64. The van der Waals surface area contributed by atoms with Crippen LogP contribution in [0.3, 0.4) is 0 Å². The summed E-state index contributed by atoms with van der Waals surface area (Å²) in [5.74, 6) is -0.974. The molecule has 0 atom stereocenters. The van der Waals surface area contributed by atoms with Crippen molar-refractivity contribution in [2.24, 2.45) is 5.92 Å². The third-order valence-electron chi connectivity index (χ3n) is 5.60. The Bertz CT molecular complexity index is 962. The highest BCUT2D eigenvalue weighted by atomic mass is 35.5. The van der Waals surface area contributed by atoms with Crippen molar-refractivity contribution in [3.05, 3.63) is 46.6 Å². The lowest BCUT2D eigenvalue weighted by atomic mass is 9.86.